The van der Waals surface area contributed by atoms with E-state index in [0.717, 1.165) is 11.3 Å². The molecule has 1 aromatic rings. The van der Waals surface area contributed by atoms with Crippen LogP contribution in [0.4, 0.5) is 0 Å². The summed E-state index contributed by atoms with van der Waals surface area (Å²) in [6.45, 7) is 5.87. The summed E-state index contributed by atoms with van der Waals surface area (Å²) in [5.74, 6) is 0.0295. The maximum absolute atomic E-state index is 12.4. The molecular weight excluding hydrogens is 346 g/mol. The van der Waals surface area contributed by atoms with Crippen molar-refractivity contribution in [2.24, 2.45) is 0 Å². The zero-order valence-electron chi connectivity index (χ0n) is 13.8. The summed E-state index contributed by atoms with van der Waals surface area (Å²) in [4.78, 5) is 25.9. The lowest BCUT2D eigenvalue weighted by Gasteiger charge is -2.14. The first-order valence-corrected chi connectivity index (χ1v) is 8.81. The molecule has 7 heteroatoms. The molecule has 0 atom stereocenters. The van der Waals surface area contributed by atoms with Crippen LogP contribution in [0.15, 0.2) is 29.2 Å². The summed E-state index contributed by atoms with van der Waals surface area (Å²) in [5, 5.41) is 0. The number of benzene rings is 1. The lowest BCUT2D eigenvalue weighted by Crippen LogP contribution is -2.35. The normalized spacial score (nSPS) is 16.2. The Morgan fingerprint density at radius 1 is 1.33 bits per heavy atom. The van der Waals surface area contributed by atoms with Crippen LogP contribution in [-0.2, 0) is 14.3 Å². The summed E-state index contributed by atoms with van der Waals surface area (Å²) < 4.78 is 10.8. The van der Waals surface area contributed by atoms with E-state index < -0.39 is 5.97 Å². The van der Waals surface area contributed by atoms with Gasteiger partial charge in [0.1, 0.15) is 16.6 Å². The van der Waals surface area contributed by atoms with Gasteiger partial charge in [-0.3, -0.25) is 14.5 Å². The molecule has 0 N–H and O–H groups in total. The van der Waals surface area contributed by atoms with Crippen LogP contribution < -0.4 is 4.74 Å². The minimum absolute atomic E-state index is 0.163. The Morgan fingerprint density at radius 3 is 2.58 bits per heavy atom. The second-order valence-corrected chi connectivity index (χ2v) is 6.98. The fourth-order valence-corrected chi connectivity index (χ4v) is 3.30. The maximum Gasteiger partial charge on any atom is 0.326 e. The number of thioether (sulfide) groups is 1. The molecule has 1 aliphatic heterocycles. The number of amides is 1. The lowest BCUT2D eigenvalue weighted by atomic mass is 10.2. The van der Waals surface area contributed by atoms with Crippen molar-refractivity contribution in [3.05, 3.63) is 34.7 Å². The van der Waals surface area contributed by atoms with Crippen LogP contribution in [0.1, 0.15) is 26.3 Å². The summed E-state index contributed by atoms with van der Waals surface area (Å²) >= 11 is 6.38. The van der Waals surface area contributed by atoms with E-state index in [2.05, 4.69) is 0 Å². The zero-order chi connectivity index (χ0) is 17.7. The average Bonchev–Trinajstić information content (AvgIpc) is 2.76. The minimum Gasteiger partial charge on any atom is -0.494 e. The third-order valence-electron chi connectivity index (χ3n) is 3.02. The van der Waals surface area contributed by atoms with E-state index in [4.69, 9.17) is 21.7 Å². The van der Waals surface area contributed by atoms with Gasteiger partial charge in [-0.1, -0.05) is 36.1 Å². The van der Waals surface area contributed by atoms with Gasteiger partial charge >= 0.3 is 5.97 Å². The smallest absolute Gasteiger partial charge is 0.326 e. The highest BCUT2D eigenvalue weighted by Gasteiger charge is 2.33. The van der Waals surface area contributed by atoms with Crippen LogP contribution >= 0.6 is 24.0 Å². The number of esters is 1. The van der Waals surface area contributed by atoms with Crippen LogP contribution in [-0.4, -0.2) is 40.4 Å². The number of thiocarbonyl (C=S) groups is 1. The highest BCUT2D eigenvalue weighted by molar-refractivity contribution is 8.26. The van der Waals surface area contributed by atoms with Gasteiger partial charge in [-0.25, -0.2) is 0 Å². The first kappa shape index (κ1) is 18.5. The predicted octanol–water partition coefficient (Wildman–Crippen LogP) is 3.24. The summed E-state index contributed by atoms with van der Waals surface area (Å²) in [6.07, 6.45) is 1.53. The molecule has 1 fully saturated rings. The Kier molecular flexibility index (Phi) is 6.39. The first-order valence-electron chi connectivity index (χ1n) is 7.58. The fraction of sp³-hybridized carbons (Fsp3) is 0.353. The standard InChI is InChI=1S/C17H19NO4S2/c1-4-21-13-7-5-12(6-8-13)9-14-16(20)18(17(23)24-14)10-15(19)22-11(2)3/h5-9,11H,4,10H2,1-3H3/b14-9-. The van der Waals surface area contributed by atoms with Crippen molar-refractivity contribution >= 4 is 46.3 Å². The van der Waals surface area contributed by atoms with Crippen molar-refractivity contribution < 1.29 is 19.1 Å². The monoisotopic (exact) mass is 365 g/mol. The molecule has 2 rings (SSSR count). The van der Waals surface area contributed by atoms with Gasteiger partial charge in [0.25, 0.3) is 5.91 Å². The molecule has 1 aromatic carbocycles. The van der Waals surface area contributed by atoms with Crippen LogP contribution in [0, 0.1) is 0 Å². The van der Waals surface area contributed by atoms with E-state index in [1.54, 1.807) is 19.9 Å². The summed E-state index contributed by atoms with van der Waals surface area (Å²) in [6, 6.07) is 7.42. The molecule has 0 radical (unpaired) electrons. The second-order valence-electron chi connectivity index (χ2n) is 5.31. The number of nitrogens with zero attached hydrogens (tertiary/aromatic N) is 1. The van der Waals surface area contributed by atoms with E-state index in [1.807, 2.05) is 31.2 Å². The van der Waals surface area contributed by atoms with Crippen molar-refractivity contribution in [1.82, 2.24) is 4.90 Å². The van der Waals surface area contributed by atoms with Crippen molar-refractivity contribution in [3.63, 3.8) is 0 Å². The van der Waals surface area contributed by atoms with E-state index >= 15 is 0 Å². The van der Waals surface area contributed by atoms with Gasteiger partial charge in [-0.15, -0.1) is 0 Å². The first-order chi connectivity index (χ1) is 11.4. The molecule has 0 bridgehead atoms. The van der Waals surface area contributed by atoms with Crippen molar-refractivity contribution in [3.8, 4) is 5.75 Å². The topological polar surface area (TPSA) is 55.8 Å². The third-order valence-corrected chi connectivity index (χ3v) is 4.39. The van der Waals surface area contributed by atoms with E-state index in [1.165, 1.54) is 16.7 Å². The van der Waals surface area contributed by atoms with Gasteiger partial charge < -0.3 is 9.47 Å². The van der Waals surface area contributed by atoms with Gasteiger partial charge in [0.05, 0.1) is 17.6 Å². The van der Waals surface area contributed by atoms with Gasteiger partial charge in [0, 0.05) is 0 Å². The summed E-state index contributed by atoms with van der Waals surface area (Å²) in [7, 11) is 0. The number of hydrogen-bond acceptors (Lipinski definition) is 6. The molecule has 0 aliphatic carbocycles. The van der Waals surface area contributed by atoms with Crippen molar-refractivity contribution in [2.75, 3.05) is 13.2 Å². The molecule has 1 aliphatic rings. The Bertz CT molecular complexity index is 668. The largest absolute Gasteiger partial charge is 0.494 e. The molecule has 24 heavy (non-hydrogen) atoms. The van der Waals surface area contributed by atoms with Gasteiger partial charge in [-0.05, 0) is 44.5 Å². The van der Waals surface area contributed by atoms with Crippen LogP contribution in [0.5, 0.6) is 5.75 Å². The molecular formula is C17H19NO4S2. The second kappa shape index (κ2) is 8.30. The maximum atomic E-state index is 12.4. The molecule has 1 saturated heterocycles. The van der Waals surface area contributed by atoms with Crippen molar-refractivity contribution in [2.45, 2.75) is 26.9 Å². The van der Waals surface area contributed by atoms with Crippen LogP contribution in [0.3, 0.4) is 0 Å². The Labute approximate surface area is 151 Å². The molecule has 0 spiro atoms. The molecule has 1 heterocycles. The van der Waals surface area contributed by atoms with Crippen LogP contribution in [0.2, 0.25) is 0 Å². The average molecular weight is 365 g/mol. The molecule has 0 unspecified atom stereocenters. The minimum atomic E-state index is -0.469. The zero-order valence-corrected chi connectivity index (χ0v) is 15.4. The van der Waals surface area contributed by atoms with Crippen molar-refractivity contribution in [1.29, 1.82) is 0 Å². The van der Waals surface area contributed by atoms with E-state index in [0.29, 0.717) is 15.8 Å². The SMILES string of the molecule is CCOc1ccc(/C=C2\SC(=S)N(CC(=O)OC(C)C)C2=O)cc1. The van der Waals surface area contributed by atoms with Crippen LogP contribution in [0.25, 0.3) is 6.08 Å². The third kappa shape index (κ3) is 4.82. The fourth-order valence-electron chi connectivity index (χ4n) is 2.04. The Hall–Kier alpha value is -1.86. The molecule has 1 amide bonds. The highest BCUT2D eigenvalue weighted by atomic mass is 32.2. The summed E-state index contributed by atoms with van der Waals surface area (Å²) in [5.41, 5.74) is 0.865. The predicted molar refractivity (Wildman–Crippen MR) is 98.7 cm³/mol. The molecule has 0 saturated carbocycles. The Morgan fingerprint density at radius 2 is 2.00 bits per heavy atom. The van der Waals surface area contributed by atoms with Gasteiger partial charge in [0.15, 0.2) is 0 Å². The van der Waals surface area contributed by atoms with Gasteiger partial charge in [-0.2, -0.15) is 0 Å². The molecule has 128 valence electrons. The molecule has 0 aromatic heterocycles. The molecule has 5 nitrogen and oxygen atoms in total. The number of carbonyl (C=O) groups excluding carboxylic acids is 2. The Balaban J connectivity index is 2.08. The number of carbonyl (C=O) groups is 2. The number of rotatable bonds is 6. The highest BCUT2D eigenvalue weighted by Crippen LogP contribution is 2.32. The number of ether oxygens (including phenoxy) is 2. The lowest BCUT2D eigenvalue weighted by molar-refractivity contribution is -0.149. The van der Waals surface area contributed by atoms with Gasteiger partial charge in [0.2, 0.25) is 0 Å². The van der Waals surface area contributed by atoms with E-state index in [9.17, 15) is 9.59 Å². The number of hydrogen-bond donors (Lipinski definition) is 0. The quantitative estimate of drug-likeness (QED) is 0.438. The van der Waals surface area contributed by atoms with E-state index in [-0.39, 0.29) is 18.6 Å².